The number of methoxy groups -OCH3 is 1. The molecule has 1 saturated heterocycles. The van der Waals surface area contributed by atoms with E-state index >= 15 is 0 Å². The third kappa shape index (κ3) is 6.06. The van der Waals surface area contributed by atoms with Gasteiger partial charge in [-0.25, -0.2) is 13.1 Å². The predicted octanol–water partition coefficient (Wildman–Crippen LogP) is 2.83. The van der Waals surface area contributed by atoms with Gasteiger partial charge in [-0.15, -0.1) is 0 Å². The number of esters is 1. The summed E-state index contributed by atoms with van der Waals surface area (Å²) in [6, 6.07) is 5.16. The molecular formula is C18H26Cl2N2O4S. The topological polar surface area (TPSA) is 75.7 Å². The molecule has 0 aromatic heterocycles. The maximum Gasteiger partial charge on any atom is 0.316 e. The summed E-state index contributed by atoms with van der Waals surface area (Å²) < 4.78 is 30.4. The lowest BCUT2D eigenvalue weighted by molar-refractivity contribution is -0.147. The molecule has 1 unspecified atom stereocenters. The number of hydrogen-bond acceptors (Lipinski definition) is 5. The van der Waals surface area contributed by atoms with Crippen LogP contribution in [0.25, 0.3) is 0 Å². The SMILES string of the molecule is COC(=O)C(C)(CCN1CCC(NS(C)(=O)=O)CC1)c1ccc(Cl)c(Cl)c1. The predicted molar refractivity (Wildman–Crippen MR) is 108 cm³/mol. The van der Waals surface area contributed by atoms with Gasteiger partial charge in [0.25, 0.3) is 0 Å². The van der Waals surface area contributed by atoms with Crippen LogP contribution in [0.4, 0.5) is 0 Å². The first kappa shape index (κ1) is 22.4. The fourth-order valence-electron chi connectivity index (χ4n) is 3.39. The van der Waals surface area contributed by atoms with E-state index in [1.54, 1.807) is 18.2 Å². The molecule has 6 nitrogen and oxygen atoms in total. The second-order valence-electron chi connectivity index (χ2n) is 7.21. The number of rotatable bonds is 7. The molecule has 27 heavy (non-hydrogen) atoms. The number of nitrogens with one attached hydrogen (secondary N) is 1. The highest BCUT2D eigenvalue weighted by Gasteiger charge is 2.37. The third-order valence-corrected chi connectivity index (χ3v) is 6.59. The quantitative estimate of drug-likeness (QED) is 0.664. The van der Waals surface area contributed by atoms with Crippen molar-refractivity contribution in [3.63, 3.8) is 0 Å². The Hall–Kier alpha value is -0.860. The van der Waals surface area contributed by atoms with Gasteiger partial charge in [-0.2, -0.15) is 0 Å². The van der Waals surface area contributed by atoms with Gasteiger partial charge >= 0.3 is 5.97 Å². The first-order valence-corrected chi connectivity index (χ1v) is 11.4. The van der Waals surface area contributed by atoms with Crippen molar-refractivity contribution in [1.82, 2.24) is 9.62 Å². The molecule has 1 aliphatic rings. The Bertz CT molecular complexity index is 780. The first-order valence-electron chi connectivity index (χ1n) is 8.79. The summed E-state index contributed by atoms with van der Waals surface area (Å²) in [6.45, 7) is 4.07. The molecule has 0 saturated carbocycles. The number of nitrogens with zero attached hydrogens (tertiary/aromatic N) is 1. The molecule has 0 bridgehead atoms. The molecule has 9 heteroatoms. The van der Waals surface area contributed by atoms with Crippen LogP contribution < -0.4 is 4.72 Å². The highest BCUT2D eigenvalue weighted by molar-refractivity contribution is 7.88. The lowest BCUT2D eigenvalue weighted by Crippen LogP contribution is -2.46. The molecule has 1 aliphatic heterocycles. The summed E-state index contributed by atoms with van der Waals surface area (Å²) in [6.07, 6.45) is 3.23. The standard InChI is InChI=1S/C18H26Cl2N2O4S/c1-18(17(23)26-2,13-4-5-15(19)16(20)12-13)8-11-22-9-6-14(7-10-22)21-27(3,24)25/h4-5,12,14,21H,6-11H2,1-3H3. The Kier molecular flexibility index (Phi) is 7.55. The molecule has 0 amide bonds. The molecule has 152 valence electrons. The fraction of sp³-hybridized carbons (Fsp3) is 0.611. The van der Waals surface area contributed by atoms with Crippen LogP contribution in [0.2, 0.25) is 10.0 Å². The van der Waals surface area contributed by atoms with Crippen LogP contribution in [-0.4, -0.2) is 58.3 Å². The van der Waals surface area contributed by atoms with E-state index in [0.29, 0.717) is 23.0 Å². The molecule has 1 aromatic carbocycles. The maximum absolute atomic E-state index is 12.5. The minimum absolute atomic E-state index is 0.0293. The van der Waals surface area contributed by atoms with Gasteiger partial charge in [-0.1, -0.05) is 29.3 Å². The number of carbonyl (C=O) groups is 1. The largest absolute Gasteiger partial charge is 0.468 e. The van der Waals surface area contributed by atoms with Gasteiger partial charge in [0, 0.05) is 6.04 Å². The summed E-state index contributed by atoms with van der Waals surface area (Å²) in [5, 5.41) is 0.838. The average Bonchev–Trinajstić information content (AvgIpc) is 2.61. The number of likely N-dealkylation sites (tertiary alicyclic amines) is 1. The van der Waals surface area contributed by atoms with Gasteiger partial charge in [0.15, 0.2) is 0 Å². The van der Waals surface area contributed by atoms with E-state index in [4.69, 9.17) is 27.9 Å². The Balaban J connectivity index is 2.03. The number of benzene rings is 1. The summed E-state index contributed by atoms with van der Waals surface area (Å²) in [5.74, 6) is -0.325. The van der Waals surface area contributed by atoms with Crippen molar-refractivity contribution in [3.8, 4) is 0 Å². The molecular weight excluding hydrogens is 411 g/mol. The summed E-state index contributed by atoms with van der Waals surface area (Å²) in [5.41, 5.74) is -0.0810. The summed E-state index contributed by atoms with van der Waals surface area (Å²) in [4.78, 5) is 14.8. The highest BCUT2D eigenvalue weighted by atomic mass is 35.5. The summed E-state index contributed by atoms with van der Waals surface area (Å²) >= 11 is 12.1. The van der Waals surface area contributed by atoms with E-state index in [0.717, 1.165) is 31.5 Å². The number of halogens is 2. The monoisotopic (exact) mass is 436 g/mol. The van der Waals surface area contributed by atoms with Gasteiger partial charge in [0.2, 0.25) is 10.0 Å². The van der Waals surface area contributed by atoms with Crippen LogP contribution in [0.5, 0.6) is 0 Å². The van der Waals surface area contributed by atoms with E-state index in [1.807, 2.05) is 6.92 Å². The lowest BCUT2D eigenvalue weighted by atomic mass is 9.79. The Morgan fingerprint density at radius 2 is 1.93 bits per heavy atom. The van der Waals surface area contributed by atoms with Crippen molar-refractivity contribution >= 4 is 39.2 Å². The van der Waals surface area contributed by atoms with Gasteiger partial charge in [-0.05, 0) is 63.5 Å². The van der Waals surface area contributed by atoms with Crippen LogP contribution in [0, 0.1) is 0 Å². The molecule has 0 spiro atoms. The lowest BCUT2D eigenvalue weighted by Gasteiger charge is -2.35. The number of sulfonamides is 1. The van der Waals surface area contributed by atoms with Crippen LogP contribution >= 0.6 is 23.2 Å². The van der Waals surface area contributed by atoms with Crippen LogP contribution in [-0.2, 0) is 25.0 Å². The average molecular weight is 437 g/mol. The van der Waals surface area contributed by atoms with E-state index < -0.39 is 15.4 Å². The maximum atomic E-state index is 12.5. The van der Waals surface area contributed by atoms with Gasteiger partial charge < -0.3 is 9.64 Å². The van der Waals surface area contributed by atoms with Crippen LogP contribution in [0.1, 0.15) is 31.7 Å². The Morgan fingerprint density at radius 3 is 2.44 bits per heavy atom. The Morgan fingerprint density at radius 1 is 1.30 bits per heavy atom. The molecule has 1 N–H and O–H groups in total. The van der Waals surface area contributed by atoms with Gasteiger partial charge in [0.1, 0.15) is 0 Å². The zero-order valence-corrected chi connectivity index (χ0v) is 18.1. The number of hydrogen-bond donors (Lipinski definition) is 1. The van der Waals surface area contributed by atoms with Gasteiger partial charge in [0.05, 0.1) is 28.8 Å². The molecule has 2 rings (SSSR count). The molecule has 1 atom stereocenters. The van der Waals surface area contributed by atoms with E-state index in [-0.39, 0.29) is 12.0 Å². The Labute approximate surface area is 171 Å². The zero-order valence-electron chi connectivity index (χ0n) is 15.8. The van der Waals surface area contributed by atoms with Crippen molar-refractivity contribution in [2.75, 3.05) is 33.0 Å². The second kappa shape index (κ2) is 9.09. The van der Waals surface area contributed by atoms with Crippen LogP contribution in [0.3, 0.4) is 0 Å². The second-order valence-corrected chi connectivity index (χ2v) is 9.80. The molecule has 0 radical (unpaired) electrons. The number of piperidine rings is 1. The van der Waals surface area contributed by atoms with Crippen molar-refractivity contribution in [3.05, 3.63) is 33.8 Å². The van der Waals surface area contributed by atoms with Crippen molar-refractivity contribution in [1.29, 1.82) is 0 Å². The minimum Gasteiger partial charge on any atom is -0.468 e. The molecule has 0 aliphatic carbocycles. The number of carbonyl (C=O) groups excluding carboxylic acids is 1. The van der Waals surface area contributed by atoms with E-state index in [1.165, 1.54) is 13.4 Å². The van der Waals surface area contributed by atoms with E-state index in [9.17, 15) is 13.2 Å². The summed E-state index contributed by atoms with van der Waals surface area (Å²) in [7, 11) is -1.81. The van der Waals surface area contributed by atoms with E-state index in [2.05, 4.69) is 9.62 Å². The van der Waals surface area contributed by atoms with Crippen molar-refractivity contribution in [2.24, 2.45) is 0 Å². The van der Waals surface area contributed by atoms with Gasteiger partial charge in [-0.3, -0.25) is 4.79 Å². The minimum atomic E-state index is -3.19. The first-order chi connectivity index (χ1) is 12.5. The van der Waals surface area contributed by atoms with Crippen molar-refractivity contribution < 1.29 is 17.9 Å². The number of ether oxygens (including phenoxy) is 1. The molecule has 1 heterocycles. The van der Waals surface area contributed by atoms with Crippen LogP contribution in [0.15, 0.2) is 18.2 Å². The normalized spacial score (nSPS) is 18.9. The fourth-order valence-corrected chi connectivity index (χ4v) is 4.53. The molecule has 1 fully saturated rings. The van der Waals surface area contributed by atoms with Crippen molar-refractivity contribution in [2.45, 2.75) is 37.6 Å². The smallest absolute Gasteiger partial charge is 0.316 e. The highest BCUT2D eigenvalue weighted by Crippen LogP contribution is 2.34. The molecule has 1 aromatic rings. The zero-order chi connectivity index (χ0) is 20.2. The third-order valence-electron chi connectivity index (χ3n) is 5.09.